The lowest BCUT2D eigenvalue weighted by molar-refractivity contribution is -0.115. The number of thioether (sulfide) groups is 1. The minimum absolute atomic E-state index is 0.103. The van der Waals surface area contributed by atoms with Crippen LogP contribution in [0.25, 0.3) is 10.9 Å². The third-order valence-electron chi connectivity index (χ3n) is 5.71. The number of anilines is 1. The van der Waals surface area contributed by atoms with Gasteiger partial charge in [-0.15, -0.1) is 11.3 Å². The molecule has 32 heavy (non-hydrogen) atoms. The molecule has 0 aliphatic heterocycles. The first-order valence-corrected chi connectivity index (χ1v) is 12.9. The number of hydrogen-bond donors (Lipinski definition) is 1. The van der Waals surface area contributed by atoms with Crippen molar-refractivity contribution in [1.29, 1.82) is 0 Å². The molecule has 168 valence electrons. The number of hydrogen-bond acceptors (Lipinski definition) is 6. The minimum Gasteiger partial charge on any atom is -0.462 e. The number of fused-ring (bicyclic) bond motifs is 2. The van der Waals surface area contributed by atoms with Gasteiger partial charge in [-0.3, -0.25) is 4.79 Å². The normalized spacial score (nSPS) is 14.1. The Hall–Kier alpha value is -2.38. The summed E-state index contributed by atoms with van der Waals surface area (Å²) >= 11 is 3.00. The number of carbonyl (C=O) groups excluding carboxylic acids is 2. The summed E-state index contributed by atoms with van der Waals surface area (Å²) in [6.45, 7) is 6.18. The van der Waals surface area contributed by atoms with Crippen molar-refractivity contribution in [2.45, 2.75) is 63.2 Å². The Balaban J connectivity index is 1.57. The van der Waals surface area contributed by atoms with Crippen molar-refractivity contribution < 1.29 is 14.3 Å². The van der Waals surface area contributed by atoms with Crippen LogP contribution in [0, 0.1) is 6.92 Å². The van der Waals surface area contributed by atoms with Gasteiger partial charge in [0.05, 0.1) is 28.0 Å². The molecule has 1 aliphatic rings. The van der Waals surface area contributed by atoms with Crippen molar-refractivity contribution in [1.82, 2.24) is 4.98 Å². The molecule has 1 aliphatic carbocycles. The lowest BCUT2D eigenvalue weighted by Gasteiger charge is -2.15. The van der Waals surface area contributed by atoms with Gasteiger partial charge >= 0.3 is 5.97 Å². The maximum absolute atomic E-state index is 13.2. The summed E-state index contributed by atoms with van der Waals surface area (Å²) in [5, 5.41) is 5.33. The lowest BCUT2D eigenvalue weighted by atomic mass is 9.95. The fourth-order valence-electron chi connectivity index (χ4n) is 4.11. The average molecular weight is 469 g/mol. The molecule has 1 N–H and O–H groups in total. The third kappa shape index (κ3) is 4.69. The van der Waals surface area contributed by atoms with Crippen LogP contribution in [0.3, 0.4) is 0 Å². The largest absolute Gasteiger partial charge is 0.462 e. The van der Waals surface area contributed by atoms with Gasteiger partial charge in [0.15, 0.2) is 0 Å². The van der Waals surface area contributed by atoms with E-state index in [1.807, 2.05) is 31.2 Å². The Morgan fingerprint density at radius 1 is 1.22 bits per heavy atom. The highest BCUT2D eigenvalue weighted by atomic mass is 32.2. The van der Waals surface area contributed by atoms with E-state index in [2.05, 4.69) is 18.3 Å². The minimum atomic E-state index is -0.338. The summed E-state index contributed by atoms with van der Waals surface area (Å²) in [7, 11) is 0. The van der Waals surface area contributed by atoms with Crippen molar-refractivity contribution in [2.75, 3.05) is 11.9 Å². The maximum Gasteiger partial charge on any atom is 0.341 e. The van der Waals surface area contributed by atoms with E-state index in [9.17, 15) is 9.59 Å². The number of carbonyl (C=O) groups is 2. The maximum atomic E-state index is 13.2. The highest BCUT2D eigenvalue weighted by Crippen LogP contribution is 2.39. The van der Waals surface area contributed by atoms with Crippen molar-refractivity contribution in [3.05, 3.63) is 51.9 Å². The molecule has 5 nitrogen and oxygen atoms in total. The van der Waals surface area contributed by atoms with Crippen LogP contribution in [0.1, 0.15) is 59.5 Å². The van der Waals surface area contributed by atoms with Gasteiger partial charge in [0.1, 0.15) is 5.00 Å². The molecule has 0 fully saturated rings. The fourth-order valence-corrected chi connectivity index (χ4v) is 6.41. The molecule has 4 rings (SSSR count). The van der Waals surface area contributed by atoms with E-state index in [1.165, 1.54) is 28.0 Å². The average Bonchev–Trinajstić information content (AvgIpc) is 3.15. The number of pyridine rings is 1. The molecule has 2 aromatic heterocycles. The zero-order valence-electron chi connectivity index (χ0n) is 18.7. The van der Waals surface area contributed by atoms with Crippen LogP contribution in [0.4, 0.5) is 5.00 Å². The predicted octanol–water partition coefficient (Wildman–Crippen LogP) is 6.17. The quantitative estimate of drug-likeness (QED) is 0.332. The highest BCUT2D eigenvalue weighted by molar-refractivity contribution is 8.00. The zero-order valence-corrected chi connectivity index (χ0v) is 20.3. The molecule has 2 heterocycles. The van der Waals surface area contributed by atoms with Crippen molar-refractivity contribution in [2.24, 2.45) is 0 Å². The monoisotopic (exact) mass is 468 g/mol. The molecule has 0 spiro atoms. The number of ether oxygens (including phenoxy) is 1. The SMILES string of the molecule is CCOC(=O)c1c(NC(=O)C(CC)Sc2cc(C)c3ccccc3n2)sc2c1CCCC2. The number of para-hydroxylation sites is 1. The van der Waals surface area contributed by atoms with Crippen molar-refractivity contribution in [3.8, 4) is 0 Å². The topological polar surface area (TPSA) is 68.3 Å². The standard InChI is InChI=1S/C25H28N2O3S2/c1-4-19(31-21-14-15(3)16-10-6-8-12-18(16)26-21)23(28)27-24-22(25(29)30-5-2)17-11-7-9-13-20(17)32-24/h6,8,10,12,14,19H,4-5,7,9,11,13H2,1-3H3,(H,27,28). The fraction of sp³-hybridized carbons (Fsp3) is 0.400. The first-order valence-electron chi connectivity index (χ1n) is 11.2. The van der Waals surface area contributed by atoms with Crippen molar-refractivity contribution in [3.63, 3.8) is 0 Å². The number of amides is 1. The zero-order chi connectivity index (χ0) is 22.7. The molecule has 0 saturated heterocycles. The van der Waals surface area contributed by atoms with Crippen LogP contribution >= 0.6 is 23.1 Å². The summed E-state index contributed by atoms with van der Waals surface area (Å²) in [5.74, 6) is -0.441. The van der Waals surface area contributed by atoms with E-state index in [1.54, 1.807) is 6.92 Å². The van der Waals surface area contributed by atoms with Gasteiger partial charge in [0, 0.05) is 10.3 Å². The van der Waals surface area contributed by atoms with Crippen LogP contribution in [0.5, 0.6) is 0 Å². The van der Waals surface area contributed by atoms with Gasteiger partial charge in [-0.25, -0.2) is 9.78 Å². The number of esters is 1. The van der Waals surface area contributed by atoms with Gasteiger partial charge in [-0.2, -0.15) is 0 Å². The van der Waals surface area contributed by atoms with Crippen LogP contribution in [0.15, 0.2) is 35.4 Å². The molecule has 0 bridgehead atoms. The van der Waals surface area contributed by atoms with E-state index in [4.69, 9.17) is 9.72 Å². The Morgan fingerprint density at radius 3 is 2.78 bits per heavy atom. The second-order valence-corrected chi connectivity index (χ2v) is 10.3. The number of nitrogens with zero attached hydrogens (tertiary/aromatic N) is 1. The Morgan fingerprint density at radius 2 is 2.00 bits per heavy atom. The molecular formula is C25H28N2O3S2. The van der Waals surface area contributed by atoms with Gasteiger partial charge in [0.2, 0.25) is 5.91 Å². The van der Waals surface area contributed by atoms with Gasteiger partial charge in [0.25, 0.3) is 0 Å². The number of thiophene rings is 1. The second kappa shape index (κ2) is 10.0. The molecule has 0 saturated carbocycles. The molecule has 3 aromatic rings. The second-order valence-electron chi connectivity index (χ2n) is 7.93. The number of nitrogens with one attached hydrogen (secondary N) is 1. The molecule has 0 radical (unpaired) electrons. The summed E-state index contributed by atoms with van der Waals surface area (Å²) in [6, 6.07) is 10.1. The summed E-state index contributed by atoms with van der Waals surface area (Å²) in [6.07, 6.45) is 4.65. The van der Waals surface area contributed by atoms with Crippen molar-refractivity contribution >= 4 is 50.9 Å². The van der Waals surface area contributed by atoms with E-state index in [0.29, 0.717) is 23.6 Å². The summed E-state index contributed by atoms with van der Waals surface area (Å²) in [4.78, 5) is 31.9. The first-order chi connectivity index (χ1) is 15.5. The van der Waals surface area contributed by atoms with E-state index < -0.39 is 0 Å². The smallest absolute Gasteiger partial charge is 0.341 e. The van der Waals surface area contributed by atoms with Crippen LogP contribution in [0.2, 0.25) is 0 Å². The molecule has 1 amide bonds. The van der Waals surface area contributed by atoms with Gasteiger partial charge < -0.3 is 10.1 Å². The van der Waals surface area contributed by atoms with Crippen LogP contribution in [-0.2, 0) is 22.4 Å². The number of benzene rings is 1. The van der Waals surface area contributed by atoms with Crippen LogP contribution in [-0.4, -0.2) is 28.7 Å². The van der Waals surface area contributed by atoms with Crippen LogP contribution < -0.4 is 5.32 Å². The van der Waals surface area contributed by atoms with E-state index in [-0.39, 0.29) is 17.1 Å². The Bertz CT molecular complexity index is 1160. The molecule has 1 atom stereocenters. The Kier molecular flexibility index (Phi) is 7.16. The lowest BCUT2D eigenvalue weighted by Crippen LogP contribution is -2.25. The number of aryl methyl sites for hydroxylation is 2. The Labute approximate surface area is 197 Å². The molecule has 1 unspecified atom stereocenters. The van der Waals surface area contributed by atoms with Gasteiger partial charge in [-0.1, -0.05) is 36.9 Å². The van der Waals surface area contributed by atoms with E-state index >= 15 is 0 Å². The van der Waals surface area contributed by atoms with Gasteiger partial charge in [-0.05, 0) is 69.2 Å². The highest BCUT2D eigenvalue weighted by Gasteiger charge is 2.29. The number of aromatic nitrogens is 1. The first kappa shape index (κ1) is 22.8. The summed E-state index contributed by atoms with van der Waals surface area (Å²) in [5.41, 5.74) is 3.69. The molecule has 1 aromatic carbocycles. The van der Waals surface area contributed by atoms with E-state index in [0.717, 1.165) is 52.7 Å². The third-order valence-corrected chi connectivity index (χ3v) is 8.20. The predicted molar refractivity (Wildman–Crippen MR) is 132 cm³/mol. The summed E-state index contributed by atoms with van der Waals surface area (Å²) < 4.78 is 5.31. The number of rotatable bonds is 7. The molecular weight excluding hydrogens is 440 g/mol. The molecule has 7 heteroatoms.